The van der Waals surface area contributed by atoms with Crippen molar-refractivity contribution in [2.24, 2.45) is 0 Å². The number of hydrogen-bond donors (Lipinski definition) is 1. The first-order valence-corrected chi connectivity index (χ1v) is 8.23. The van der Waals surface area contributed by atoms with Gasteiger partial charge in [-0.25, -0.2) is 0 Å². The van der Waals surface area contributed by atoms with Crippen LogP contribution in [0.1, 0.15) is 37.8 Å². The van der Waals surface area contributed by atoms with Gasteiger partial charge in [0.15, 0.2) is 0 Å². The fourth-order valence-corrected chi connectivity index (χ4v) is 3.21. The van der Waals surface area contributed by atoms with Crippen molar-refractivity contribution in [2.75, 3.05) is 26.2 Å². The van der Waals surface area contributed by atoms with Gasteiger partial charge in [0.05, 0.1) is 13.2 Å². The summed E-state index contributed by atoms with van der Waals surface area (Å²) < 4.78 is 11.7. The Kier molecular flexibility index (Phi) is 6.07. The van der Waals surface area contributed by atoms with Crippen molar-refractivity contribution in [3.05, 3.63) is 29.3 Å². The van der Waals surface area contributed by atoms with Gasteiger partial charge in [-0.15, -0.1) is 0 Å². The van der Waals surface area contributed by atoms with Crippen LogP contribution in [0.2, 0.25) is 0 Å². The minimum Gasteiger partial charge on any atom is -0.493 e. The number of unbranched alkanes of at least 4 members (excludes halogenated alkanes) is 1. The lowest BCUT2D eigenvalue weighted by Gasteiger charge is -2.32. The fraction of sp³-hybridized carbons (Fsp3) is 0.667. The zero-order chi connectivity index (χ0) is 15.2. The summed E-state index contributed by atoms with van der Waals surface area (Å²) in [5.41, 5.74) is 2.52. The molecule has 1 aliphatic heterocycles. The lowest BCUT2D eigenvalue weighted by molar-refractivity contribution is -0.915. The molecule has 0 unspecified atom stereocenters. The number of hydrogen-bond acceptors (Lipinski definition) is 2. The normalized spacial score (nSPS) is 25.8. The molecule has 1 fully saturated rings. The Hall–Kier alpha value is -1.06. The van der Waals surface area contributed by atoms with Crippen LogP contribution in [0.25, 0.3) is 0 Å². The predicted octanol–water partition coefficient (Wildman–Crippen LogP) is 2.15. The molecule has 0 saturated carbocycles. The van der Waals surface area contributed by atoms with E-state index in [9.17, 15) is 0 Å². The van der Waals surface area contributed by atoms with E-state index in [-0.39, 0.29) is 0 Å². The monoisotopic (exact) mass is 292 g/mol. The molecule has 2 rings (SSSR count). The highest BCUT2D eigenvalue weighted by molar-refractivity contribution is 5.35. The zero-order valence-electron chi connectivity index (χ0n) is 13.9. The van der Waals surface area contributed by atoms with Crippen molar-refractivity contribution in [1.82, 2.24) is 0 Å². The van der Waals surface area contributed by atoms with E-state index in [0.29, 0.717) is 12.2 Å². The van der Waals surface area contributed by atoms with E-state index in [4.69, 9.17) is 9.47 Å². The molecular formula is C18H30NO2+. The van der Waals surface area contributed by atoms with Gasteiger partial charge < -0.3 is 14.4 Å². The molecule has 3 nitrogen and oxygen atoms in total. The largest absolute Gasteiger partial charge is 0.493 e. The van der Waals surface area contributed by atoms with E-state index in [0.717, 1.165) is 31.9 Å². The van der Waals surface area contributed by atoms with Crippen LogP contribution in [0.3, 0.4) is 0 Å². The van der Waals surface area contributed by atoms with Crippen LogP contribution in [-0.4, -0.2) is 38.4 Å². The minimum atomic E-state index is 0.398. The maximum Gasteiger partial charge on any atom is 0.122 e. The van der Waals surface area contributed by atoms with E-state index >= 15 is 0 Å². The Morgan fingerprint density at radius 2 is 1.86 bits per heavy atom. The third-order valence-electron chi connectivity index (χ3n) is 4.13. The topological polar surface area (TPSA) is 22.9 Å². The van der Waals surface area contributed by atoms with E-state index < -0.39 is 0 Å². The van der Waals surface area contributed by atoms with Crippen molar-refractivity contribution >= 4 is 0 Å². The third-order valence-corrected chi connectivity index (χ3v) is 4.13. The highest BCUT2D eigenvalue weighted by Gasteiger charge is 2.24. The number of benzene rings is 1. The second kappa shape index (κ2) is 7.81. The summed E-state index contributed by atoms with van der Waals surface area (Å²) >= 11 is 0. The van der Waals surface area contributed by atoms with Gasteiger partial charge in [-0.2, -0.15) is 0 Å². The molecule has 1 aromatic carbocycles. The average Bonchev–Trinajstić information content (AvgIpc) is 2.39. The molecular weight excluding hydrogens is 262 g/mol. The summed E-state index contributed by atoms with van der Waals surface area (Å²) in [6.07, 6.45) is 3.14. The highest BCUT2D eigenvalue weighted by atomic mass is 16.5. The second-order valence-corrected chi connectivity index (χ2v) is 6.49. The van der Waals surface area contributed by atoms with Crippen molar-refractivity contribution in [3.63, 3.8) is 0 Å². The molecule has 21 heavy (non-hydrogen) atoms. The molecule has 0 bridgehead atoms. The predicted molar refractivity (Wildman–Crippen MR) is 86.2 cm³/mol. The molecule has 0 aromatic heterocycles. The molecule has 0 amide bonds. The summed E-state index contributed by atoms with van der Waals surface area (Å²) in [5, 5.41) is 0. The number of rotatable bonds is 6. The third kappa shape index (κ3) is 5.33. The molecule has 1 heterocycles. The van der Waals surface area contributed by atoms with Crippen molar-refractivity contribution in [1.29, 1.82) is 0 Å². The molecule has 1 saturated heterocycles. The van der Waals surface area contributed by atoms with Gasteiger partial charge in [0.1, 0.15) is 31.0 Å². The summed E-state index contributed by atoms with van der Waals surface area (Å²) in [7, 11) is 0. The first-order valence-electron chi connectivity index (χ1n) is 8.23. The van der Waals surface area contributed by atoms with E-state index in [1.807, 2.05) is 0 Å². The summed E-state index contributed by atoms with van der Waals surface area (Å²) in [4.78, 5) is 1.67. The standard InChI is InChI=1S/C18H29NO2/c1-14-7-8-18(15(2)11-14)20-10-6-5-9-19-12-16(3)21-17(4)13-19/h7-8,11,16-17H,5-6,9-10,12-13H2,1-4H3/p+1/t16-,17-/m1/s1. The van der Waals surface area contributed by atoms with Crippen LogP contribution in [0.15, 0.2) is 18.2 Å². The van der Waals surface area contributed by atoms with Gasteiger partial charge in [-0.3, -0.25) is 0 Å². The maximum absolute atomic E-state index is 5.89. The maximum atomic E-state index is 5.89. The van der Waals surface area contributed by atoms with E-state index in [1.165, 1.54) is 24.1 Å². The first kappa shape index (κ1) is 16.3. The number of ether oxygens (including phenoxy) is 2. The summed E-state index contributed by atoms with van der Waals surface area (Å²) in [6.45, 7) is 12.9. The minimum absolute atomic E-state index is 0.398. The Morgan fingerprint density at radius 3 is 2.52 bits per heavy atom. The Bertz CT molecular complexity index is 437. The molecule has 1 aromatic rings. The highest BCUT2D eigenvalue weighted by Crippen LogP contribution is 2.18. The van der Waals surface area contributed by atoms with Gasteiger partial charge in [-0.1, -0.05) is 17.7 Å². The SMILES string of the molecule is Cc1ccc(OCCCC[NH+]2C[C@@H](C)O[C@H](C)C2)c(C)c1. The van der Waals surface area contributed by atoms with E-state index in [2.05, 4.69) is 45.9 Å². The Labute approximate surface area is 129 Å². The van der Waals surface area contributed by atoms with Crippen molar-refractivity contribution in [3.8, 4) is 5.75 Å². The number of quaternary nitrogens is 1. The first-order chi connectivity index (χ1) is 10.0. The number of morpholine rings is 1. The quantitative estimate of drug-likeness (QED) is 0.812. The lowest BCUT2D eigenvalue weighted by Crippen LogP contribution is -3.15. The molecule has 3 heteroatoms. The summed E-state index contributed by atoms with van der Waals surface area (Å²) in [6, 6.07) is 6.38. The second-order valence-electron chi connectivity index (χ2n) is 6.49. The van der Waals surface area contributed by atoms with Crippen molar-refractivity contribution in [2.45, 2.75) is 52.7 Å². The van der Waals surface area contributed by atoms with Crippen LogP contribution in [0.5, 0.6) is 5.75 Å². The van der Waals surface area contributed by atoms with Gasteiger partial charge in [0, 0.05) is 0 Å². The molecule has 0 spiro atoms. The molecule has 1 N–H and O–H groups in total. The van der Waals surface area contributed by atoms with Gasteiger partial charge in [0.2, 0.25) is 0 Å². The van der Waals surface area contributed by atoms with Crippen LogP contribution in [0.4, 0.5) is 0 Å². The fourth-order valence-electron chi connectivity index (χ4n) is 3.21. The molecule has 2 atom stereocenters. The average molecular weight is 292 g/mol. The van der Waals surface area contributed by atoms with Gasteiger partial charge in [0.25, 0.3) is 0 Å². The lowest BCUT2D eigenvalue weighted by atomic mass is 10.1. The molecule has 1 aliphatic rings. The molecule has 118 valence electrons. The zero-order valence-corrected chi connectivity index (χ0v) is 13.9. The van der Waals surface area contributed by atoms with Crippen LogP contribution in [0, 0.1) is 13.8 Å². The Balaban J connectivity index is 1.63. The Morgan fingerprint density at radius 1 is 1.14 bits per heavy atom. The van der Waals surface area contributed by atoms with Gasteiger partial charge in [-0.05, 0) is 52.2 Å². The van der Waals surface area contributed by atoms with Crippen LogP contribution >= 0.6 is 0 Å². The van der Waals surface area contributed by atoms with Gasteiger partial charge >= 0.3 is 0 Å². The summed E-state index contributed by atoms with van der Waals surface area (Å²) in [5.74, 6) is 1.03. The smallest absolute Gasteiger partial charge is 0.122 e. The van der Waals surface area contributed by atoms with Crippen molar-refractivity contribution < 1.29 is 14.4 Å². The number of nitrogens with one attached hydrogen (secondary N) is 1. The van der Waals surface area contributed by atoms with Crippen LogP contribution in [-0.2, 0) is 4.74 Å². The molecule has 0 aliphatic carbocycles. The van der Waals surface area contributed by atoms with Crippen LogP contribution < -0.4 is 9.64 Å². The number of aryl methyl sites for hydroxylation is 2. The van der Waals surface area contributed by atoms with E-state index in [1.54, 1.807) is 4.90 Å². The molecule has 0 radical (unpaired) electrons.